The van der Waals surface area contributed by atoms with Crippen LogP contribution in [0.4, 0.5) is 5.69 Å². The molecular weight excluding hydrogens is 314 g/mol. The Morgan fingerprint density at radius 3 is 2.50 bits per heavy atom. The highest BCUT2D eigenvalue weighted by atomic mass is 79.9. The molecule has 1 atom stereocenters. The number of hydrogen-bond acceptors (Lipinski definition) is 2. The highest BCUT2D eigenvalue weighted by molar-refractivity contribution is 9.10. The van der Waals surface area contributed by atoms with Crippen LogP contribution in [0.1, 0.15) is 24.5 Å². The lowest BCUT2D eigenvalue weighted by Crippen LogP contribution is -2.16. The van der Waals surface area contributed by atoms with Gasteiger partial charge in [0, 0.05) is 16.2 Å². The number of benzene rings is 2. The molecule has 0 heterocycles. The molecule has 2 aromatic carbocycles. The van der Waals surface area contributed by atoms with E-state index in [4.69, 9.17) is 0 Å². The Kier molecular flexibility index (Phi) is 5.07. The van der Waals surface area contributed by atoms with Gasteiger partial charge < -0.3 is 10.4 Å². The highest BCUT2D eigenvalue weighted by Crippen LogP contribution is 2.21. The molecule has 0 saturated heterocycles. The van der Waals surface area contributed by atoms with Crippen LogP contribution in [0, 0.1) is 6.92 Å². The summed E-state index contributed by atoms with van der Waals surface area (Å²) in [5, 5.41) is 12.8. The van der Waals surface area contributed by atoms with Crippen molar-refractivity contribution in [3.05, 3.63) is 58.1 Å². The maximum atomic E-state index is 9.26. The number of nitrogens with one attached hydrogen (secondary N) is 1. The second-order valence-electron chi connectivity index (χ2n) is 5.21. The minimum atomic E-state index is 0.324. The molecule has 20 heavy (non-hydrogen) atoms. The average Bonchev–Trinajstić information content (AvgIpc) is 2.42. The van der Waals surface area contributed by atoms with E-state index < -0.39 is 0 Å². The van der Waals surface area contributed by atoms with Crippen LogP contribution in [0.3, 0.4) is 0 Å². The summed E-state index contributed by atoms with van der Waals surface area (Å²) in [4.78, 5) is 0. The summed E-state index contributed by atoms with van der Waals surface area (Å²) < 4.78 is 1.14. The van der Waals surface area contributed by atoms with Crippen LogP contribution < -0.4 is 5.32 Å². The Morgan fingerprint density at radius 2 is 1.85 bits per heavy atom. The van der Waals surface area contributed by atoms with Gasteiger partial charge in [0.15, 0.2) is 0 Å². The van der Waals surface area contributed by atoms with E-state index in [1.165, 1.54) is 11.1 Å². The lowest BCUT2D eigenvalue weighted by Gasteiger charge is -2.16. The van der Waals surface area contributed by atoms with Gasteiger partial charge in [0.1, 0.15) is 5.75 Å². The summed E-state index contributed by atoms with van der Waals surface area (Å²) in [6.07, 6.45) is 2.06. The zero-order valence-corrected chi connectivity index (χ0v) is 13.4. The third-order valence-corrected chi connectivity index (χ3v) is 4.26. The van der Waals surface area contributed by atoms with E-state index in [0.717, 1.165) is 23.0 Å². The van der Waals surface area contributed by atoms with E-state index in [-0.39, 0.29) is 0 Å². The van der Waals surface area contributed by atoms with Crippen LogP contribution in [0.5, 0.6) is 5.75 Å². The van der Waals surface area contributed by atoms with Crippen LogP contribution >= 0.6 is 15.9 Å². The number of phenolic OH excluding ortho intramolecular Hbond substituents is 1. The lowest BCUT2D eigenvalue weighted by molar-refractivity contribution is 0.475. The fourth-order valence-electron chi connectivity index (χ4n) is 2.14. The molecule has 0 amide bonds. The quantitative estimate of drug-likeness (QED) is 0.815. The zero-order chi connectivity index (χ0) is 14.5. The van der Waals surface area contributed by atoms with Gasteiger partial charge in [-0.05, 0) is 68.1 Å². The second-order valence-corrected chi connectivity index (χ2v) is 6.07. The number of phenols is 1. The summed E-state index contributed by atoms with van der Waals surface area (Å²) in [6.45, 7) is 4.29. The van der Waals surface area contributed by atoms with E-state index in [1.807, 2.05) is 12.1 Å². The molecule has 2 N–H and O–H groups in total. The number of rotatable bonds is 5. The molecular formula is C17H20BrNO. The smallest absolute Gasteiger partial charge is 0.115 e. The summed E-state index contributed by atoms with van der Waals surface area (Å²) in [6, 6.07) is 14.2. The fourth-order valence-corrected chi connectivity index (χ4v) is 2.38. The molecule has 0 saturated carbocycles. The SMILES string of the molecule is Cc1cc(NC(C)CCc2ccc(O)cc2)ccc1Br. The number of aromatic hydroxyl groups is 1. The topological polar surface area (TPSA) is 32.3 Å². The molecule has 3 heteroatoms. The van der Waals surface area contributed by atoms with Gasteiger partial charge in [-0.3, -0.25) is 0 Å². The standard InChI is InChI=1S/C17H20BrNO/c1-12-11-15(7-10-17(12)18)19-13(2)3-4-14-5-8-16(20)9-6-14/h5-11,13,19-20H,3-4H2,1-2H3. The minimum Gasteiger partial charge on any atom is -0.508 e. The molecule has 2 aromatic rings. The van der Waals surface area contributed by atoms with Gasteiger partial charge >= 0.3 is 0 Å². The van der Waals surface area contributed by atoms with Crippen molar-refractivity contribution in [3.63, 3.8) is 0 Å². The largest absolute Gasteiger partial charge is 0.508 e. The van der Waals surface area contributed by atoms with Crippen molar-refractivity contribution in [2.75, 3.05) is 5.32 Å². The van der Waals surface area contributed by atoms with Crippen LogP contribution in [0.2, 0.25) is 0 Å². The van der Waals surface area contributed by atoms with Gasteiger partial charge in [0.2, 0.25) is 0 Å². The first-order chi connectivity index (χ1) is 9.54. The summed E-state index contributed by atoms with van der Waals surface area (Å²) in [5.74, 6) is 0.324. The van der Waals surface area contributed by atoms with E-state index in [1.54, 1.807) is 12.1 Å². The fraction of sp³-hybridized carbons (Fsp3) is 0.294. The molecule has 0 bridgehead atoms. The first-order valence-electron chi connectivity index (χ1n) is 6.85. The average molecular weight is 334 g/mol. The summed E-state index contributed by atoms with van der Waals surface area (Å²) in [5.41, 5.74) is 3.65. The maximum absolute atomic E-state index is 9.26. The van der Waals surface area contributed by atoms with Gasteiger partial charge in [-0.1, -0.05) is 28.1 Å². The van der Waals surface area contributed by atoms with Gasteiger partial charge in [0.05, 0.1) is 0 Å². The molecule has 0 spiro atoms. The molecule has 2 nitrogen and oxygen atoms in total. The van der Waals surface area contributed by atoms with Crippen LogP contribution in [-0.2, 0) is 6.42 Å². The zero-order valence-electron chi connectivity index (χ0n) is 11.9. The summed E-state index contributed by atoms with van der Waals surface area (Å²) in [7, 11) is 0. The molecule has 0 radical (unpaired) electrons. The minimum absolute atomic E-state index is 0.324. The van der Waals surface area contributed by atoms with Gasteiger partial charge in [-0.15, -0.1) is 0 Å². The first-order valence-corrected chi connectivity index (χ1v) is 7.64. The monoisotopic (exact) mass is 333 g/mol. The second kappa shape index (κ2) is 6.80. The lowest BCUT2D eigenvalue weighted by atomic mass is 10.1. The Hall–Kier alpha value is -1.48. The maximum Gasteiger partial charge on any atom is 0.115 e. The number of halogens is 1. The van der Waals surface area contributed by atoms with Crippen LogP contribution in [0.15, 0.2) is 46.9 Å². The third-order valence-electron chi connectivity index (χ3n) is 3.37. The number of aryl methyl sites for hydroxylation is 2. The van der Waals surface area contributed by atoms with Crippen molar-refractivity contribution in [2.24, 2.45) is 0 Å². The molecule has 106 valence electrons. The van der Waals surface area contributed by atoms with E-state index in [0.29, 0.717) is 11.8 Å². The Morgan fingerprint density at radius 1 is 1.15 bits per heavy atom. The van der Waals surface area contributed by atoms with Gasteiger partial charge in [-0.25, -0.2) is 0 Å². The predicted molar refractivity (Wildman–Crippen MR) is 88.4 cm³/mol. The molecule has 0 aliphatic carbocycles. The highest BCUT2D eigenvalue weighted by Gasteiger charge is 2.04. The molecule has 1 unspecified atom stereocenters. The van der Waals surface area contributed by atoms with Crippen molar-refractivity contribution in [2.45, 2.75) is 32.7 Å². The van der Waals surface area contributed by atoms with Crippen molar-refractivity contribution in [3.8, 4) is 5.75 Å². The van der Waals surface area contributed by atoms with Crippen molar-refractivity contribution < 1.29 is 5.11 Å². The molecule has 0 aromatic heterocycles. The predicted octanol–water partition coefficient (Wildman–Crippen LogP) is 4.90. The van der Waals surface area contributed by atoms with Crippen molar-refractivity contribution >= 4 is 21.6 Å². The third kappa shape index (κ3) is 4.27. The van der Waals surface area contributed by atoms with Crippen LogP contribution in [-0.4, -0.2) is 11.1 Å². The van der Waals surface area contributed by atoms with E-state index >= 15 is 0 Å². The molecule has 0 fully saturated rings. The van der Waals surface area contributed by atoms with Crippen molar-refractivity contribution in [1.29, 1.82) is 0 Å². The van der Waals surface area contributed by atoms with Gasteiger partial charge in [0.25, 0.3) is 0 Å². The van der Waals surface area contributed by atoms with Gasteiger partial charge in [-0.2, -0.15) is 0 Å². The molecule has 0 aliphatic heterocycles. The first kappa shape index (κ1) is 14.9. The Balaban J connectivity index is 1.87. The molecule has 0 aliphatic rings. The van der Waals surface area contributed by atoms with Crippen LogP contribution in [0.25, 0.3) is 0 Å². The Bertz CT molecular complexity index is 566. The Labute approximate surface area is 129 Å². The van der Waals surface area contributed by atoms with E-state index in [9.17, 15) is 5.11 Å². The van der Waals surface area contributed by atoms with E-state index in [2.05, 4.69) is 53.3 Å². The summed E-state index contributed by atoms with van der Waals surface area (Å²) >= 11 is 3.51. The molecule has 2 rings (SSSR count). The number of anilines is 1. The normalized spacial score (nSPS) is 12.2. The van der Waals surface area contributed by atoms with Crippen molar-refractivity contribution in [1.82, 2.24) is 0 Å². The number of hydrogen-bond donors (Lipinski definition) is 2.